The molecule has 154 valence electrons. The first kappa shape index (κ1) is 18.8. The molecule has 0 aliphatic carbocycles. The van der Waals surface area contributed by atoms with Gasteiger partial charge in [0.25, 0.3) is 5.56 Å². The molecule has 0 amide bonds. The predicted octanol–water partition coefficient (Wildman–Crippen LogP) is 2.39. The van der Waals surface area contributed by atoms with Crippen LogP contribution in [0.4, 0.5) is 5.95 Å². The summed E-state index contributed by atoms with van der Waals surface area (Å²) in [4.78, 5) is 28.5. The molecule has 0 saturated carbocycles. The number of methoxy groups -OCH3 is 1. The predicted molar refractivity (Wildman–Crippen MR) is 115 cm³/mol. The Morgan fingerprint density at radius 3 is 2.80 bits per heavy atom. The van der Waals surface area contributed by atoms with Crippen molar-refractivity contribution in [3.8, 4) is 22.1 Å². The van der Waals surface area contributed by atoms with Gasteiger partial charge in [-0.1, -0.05) is 11.3 Å². The summed E-state index contributed by atoms with van der Waals surface area (Å²) in [6.07, 6.45) is 1.76. The summed E-state index contributed by atoms with van der Waals surface area (Å²) in [6.45, 7) is 4.81. The number of aromatic amines is 1. The van der Waals surface area contributed by atoms with Gasteiger partial charge in [0.05, 0.1) is 41.9 Å². The Kier molecular flexibility index (Phi) is 4.72. The zero-order chi connectivity index (χ0) is 20.7. The molecule has 1 saturated heterocycles. The van der Waals surface area contributed by atoms with Crippen LogP contribution in [0, 0.1) is 6.92 Å². The number of morpholine rings is 1. The van der Waals surface area contributed by atoms with Crippen LogP contribution in [0.2, 0.25) is 0 Å². The Balaban J connectivity index is 1.49. The van der Waals surface area contributed by atoms with Gasteiger partial charge in [-0.3, -0.25) is 9.89 Å². The van der Waals surface area contributed by atoms with E-state index in [0.29, 0.717) is 30.0 Å². The summed E-state index contributed by atoms with van der Waals surface area (Å²) < 4.78 is 13.0. The number of thiazole rings is 1. The fourth-order valence-corrected chi connectivity index (χ4v) is 4.39. The van der Waals surface area contributed by atoms with Gasteiger partial charge in [0.15, 0.2) is 0 Å². The first-order valence-corrected chi connectivity index (χ1v) is 10.4. The van der Waals surface area contributed by atoms with E-state index < -0.39 is 0 Å². The summed E-state index contributed by atoms with van der Waals surface area (Å²) in [5, 5.41) is 3.72. The Hall–Kier alpha value is -3.24. The first-order valence-electron chi connectivity index (χ1n) is 9.56. The molecule has 5 rings (SSSR count). The van der Waals surface area contributed by atoms with E-state index >= 15 is 0 Å². The molecule has 4 heterocycles. The third-order valence-corrected chi connectivity index (χ3v) is 6.05. The highest BCUT2D eigenvalue weighted by Gasteiger charge is 2.17. The van der Waals surface area contributed by atoms with Crippen LogP contribution in [-0.2, 0) is 4.74 Å². The zero-order valence-electron chi connectivity index (χ0n) is 16.6. The second kappa shape index (κ2) is 7.54. The van der Waals surface area contributed by atoms with E-state index in [1.807, 2.05) is 25.1 Å². The molecule has 1 aliphatic rings. The molecule has 1 aromatic carbocycles. The van der Waals surface area contributed by atoms with E-state index in [-0.39, 0.29) is 5.56 Å². The minimum Gasteiger partial charge on any atom is -0.497 e. The second-order valence-corrected chi connectivity index (χ2v) is 7.95. The van der Waals surface area contributed by atoms with Gasteiger partial charge in [-0.25, -0.2) is 15.0 Å². The van der Waals surface area contributed by atoms with E-state index in [2.05, 4.69) is 25.0 Å². The van der Waals surface area contributed by atoms with Gasteiger partial charge in [0.2, 0.25) is 11.1 Å². The average Bonchev–Trinajstić information content (AvgIpc) is 3.36. The summed E-state index contributed by atoms with van der Waals surface area (Å²) >= 11 is 1.42. The maximum atomic E-state index is 12.7. The highest BCUT2D eigenvalue weighted by molar-refractivity contribution is 7.20. The monoisotopic (exact) mass is 424 g/mol. The Labute approximate surface area is 175 Å². The minimum atomic E-state index is -0.187. The highest BCUT2D eigenvalue weighted by atomic mass is 32.1. The largest absolute Gasteiger partial charge is 0.497 e. The number of ether oxygens (including phenoxy) is 2. The first-order chi connectivity index (χ1) is 14.6. The van der Waals surface area contributed by atoms with Crippen LogP contribution in [0.5, 0.6) is 5.75 Å². The van der Waals surface area contributed by atoms with Gasteiger partial charge in [-0.2, -0.15) is 4.68 Å². The number of H-pyrrole nitrogens is 1. The summed E-state index contributed by atoms with van der Waals surface area (Å²) in [5.74, 6) is 1.44. The average molecular weight is 424 g/mol. The van der Waals surface area contributed by atoms with Crippen LogP contribution in [0.15, 0.2) is 35.3 Å². The van der Waals surface area contributed by atoms with Crippen LogP contribution >= 0.6 is 11.3 Å². The van der Waals surface area contributed by atoms with E-state index in [1.54, 1.807) is 19.4 Å². The van der Waals surface area contributed by atoms with E-state index in [4.69, 9.17) is 9.47 Å². The Morgan fingerprint density at radius 1 is 1.20 bits per heavy atom. The van der Waals surface area contributed by atoms with Crippen LogP contribution in [-0.4, -0.2) is 58.1 Å². The summed E-state index contributed by atoms with van der Waals surface area (Å²) in [5.41, 5.74) is 2.86. The molecule has 0 spiro atoms. The van der Waals surface area contributed by atoms with Crippen LogP contribution in [0.25, 0.3) is 26.6 Å². The van der Waals surface area contributed by atoms with Crippen molar-refractivity contribution in [2.75, 3.05) is 38.3 Å². The van der Waals surface area contributed by atoms with Crippen LogP contribution in [0.1, 0.15) is 5.69 Å². The maximum absolute atomic E-state index is 12.7. The van der Waals surface area contributed by atoms with Gasteiger partial charge < -0.3 is 14.4 Å². The van der Waals surface area contributed by atoms with Crippen molar-refractivity contribution in [2.45, 2.75) is 6.92 Å². The molecule has 0 unspecified atom stereocenters. The number of rotatable bonds is 4. The standard InChI is InChI=1S/C20H20N6O3S/c1-12-14(11-21-19(22-12)25-5-7-29-8-6-25)16-10-18(27)26(24-16)20-23-15-4-3-13(28-2)9-17(15)30-20/h3-4,9-11,24H,5-8H2,1-2H3. The van der Waals surface area contributed by atoms with Crippen molar-refractivity contribution in [3.63, 3.8) is 0 Å². The normalized spacial score (nSPS) is 14.4. The number of aryl methyl sites for hydroxylation is 1. The molecule has 4 aromatic rings. The maximum Gasteiger partial charge on any atom is 0.273 e. The van der Waals surface area contributed by atoms with Gasteiger partial charge in [-0.15, -0.1) is 0 Å². The fraction of sp³-hybridized carbons (Fsp3) is 0.300. The van der Waals surface area contributed by atoms with Crippen molar-refractivity contribution >= 4 is 27.5 Å². The summed E-state index contributed by atoms with van der Waals surface area (Å²) in [7, 11) is 1.62. The van der Waals surface area contributed by atoms with Gasteiger partial charge >= 0.3 is 0 Å². The molecular formula is C20H20N6O3S. The van der Waals surface area contributed by atoms with Crippen molar-refractivity contribution in [2.24, 2.45) is 0 Å². The van der Waals surface area contributed by atoms with Crippen molar-refractivity contribution in [3.05, 3.63) is 46.5 Å². The molecule has 0 radical (unpaired) electrons. The van der Waals surface area contributed by atoms with Crippen LogP contribution < -0.4 is 15.2 Å². The molecule has 30 heavy (non-hydrogen) atoms. The van der Waals surface area contributed by atoms with Gasteiger partial charge in [0.1, 0.15) is 5.75 Å². The molecular weight excluding hydrogens is 404 g/mol. The quantitative estimate of drug-likeness (QED) is 0.537. The molecule has 1 fully saturated rings. The fourth-order valence-electron chi connectivity index (χ4n) is 3.43. The SMILES string of the molecule is COc1ccc2nc(-n3[nH]c(-c4cnc(N5CCOCC5)nc4C)cc3=O)sc2c1. The number of anilines is 1. The molecule has 0 bridgehead atoms. The smallest absolute Gasteiger partial charge is 0.273 e. The van der Waals surface area contributed by atoms with E-state index in [0.717, 1.165) is 40.3 Å². The lowest BCUT2D eigenvalue weighted by Crippen LogP contribution is -2.37. The Morgan fingerprint density at radius 2 is 2.03 bits per heavy atom. The molecule has 1 N–H and O–H groups in total. The van der Waals surface area contributed by atoms with Crippen molar-refractivity contribution in [1.82, 2.24) is 24.7 Å². The lowest BCUT2D eigenvalue weighted by atomic mass is 10.2. The number of aromatic nitrogens is 5. The van der Waals surface area contributed by atoms with Crippen LogP contribution in [0.3, 0.4) is 0 Å². The third kappa shape index (κ3) is 3.33. The lowest BCUT2D eigenvalue weighted by molar-refractivity contribution is 0.122. The van der Waals surface area contributed by atoms with E-state index in [9.17, 15) is 4.79 Å². The molecule has 0 atom stereocenters. The van der Waals surface area contributed by atoms with Crippen molar-refractivity contribution < 1.29 is 9.47 Å². The highest BCUT2D eigenvalue weighted by Crippen LogP contribution is 2.28. The Bertz CT molecular complexity index is 1270. The zero-order valence-corrected chi connectivity index (χ0v) is 17.4. The summed E-state index contributed by atoms with van der Waals surface area (Å²) in [6, 6.07) is 7.19. The number of benzene rings is 1. The molecule has 1 aliphatic heterocycles. The topological polar surface area (TPSA) is 98.2 Å². The number of hydrogen-bond donors (Lipinski definition) is 1. The number of nitrogens with one attached hydrogen (secondary N) is 1. The van der Waals surface area contributed by atoms with E-state index in [1.165, 1.54) is 16.0 Å². The second-order valence-electron chi connectivity index (χ2n) is 6.94. The van der Waals surface area contributed by atoms with Gasteiger partial charge in [-0.05, 0) is 25.1 Å². The molecule has 10 heteroatoms. The minimum absolute atomic E-state index is 0.187. The third-order valence-electron chi connectivity index (χ3n) is 5.05. The number of nitrogens with zero attached hydrogens (tertiary/aromatic N) is 5. The molecule has 3 aromatic heterocycles. The number of hydrogen-bond acceptors (Lipinski definition) is 8. The number of fused-ring (bicyclic) bond motifs is 1. The lowest BCUT2D eigenvalue weighted by Gasteiger charge is -2.27. The molecule has 9 nitrogen and oxygen atoms in total. The van der Waals surface area contributed by atoms with Crippen molar-refractivity contribution in [1.29, 1.82) is 0 Å². The van der Waals surface area contributed by atoms with Gasteiger partial charge in [0, 0.05) is 30.9 Å².